The maximum absolute atomic E-state index is 11.7. The Hall–Kier alpha value is -1.34. The van der Waals surface area contributed by atoms with Crippen LogP contribution < -0.4 is 5.32 Å². The molecule has 94 valence electrons. The number of aromatic nitrogens is 2. The molecule has 0 aromatic carbocycles. The number of anilines is 1. The first-order valence-corrected chi connectivity index (χ1v) is 5.08. The van der Waals surface area contributed by atoms with E-state index in [2.05, 4.69) is 20.0 Å². The van der Waals surface area contributed by atoms with Gasteiger partial charge in [-0.1, -0.05) is 11.6 Å². The van der Waals surface area contributed by atoms with E-state index in [4.69, 9.17) is 11.6 Å². The third-order valence-corrected chi connectivity index (χ3v) is 2.04. The molecule has 1 heterocycles. The Morgan fingerprint density at radius 1 is 1.53 bits per heavy atom. The van der Waals surface area contributed by atoms with E-state index < -0.39 is 13.0 Å². The summed E-state index contributed by atoms with van der Waals surface area (Å²) in [6.45, 7) is -0.308. The monoisotopic (exact) mass is 265 g/mol. The molecule has 0 radical (unpaired) electrons. The zero-order chi connectivity index (χ0) is 12.7. The molecule has 0 saturated heterocycles. The van der Waals surface area contributed by atoms with Gasteiger partial charge in [0.2, 0.25) is 0 Å². The number of ether oxygens (including phenoxy) is 1. The summed E-state index contributed by atoms with van der Waals surface area (Å²) in [4.78, 5) is 18.1. The Morgan fingerprint density at radius 2 is 2.29 bits per heavy atom. The maximum Gasteiger partial charge on any atom is 0.261 e. The first kappa shape index (κ1) is 13.7. The van der Waals surface area contributed by atoms with E-state index in [0.29, 0.717) is 6.29 Å². The van der Waals surface area contributed by atoms with Crippen molar-refractivity contribution in [2.24, 2.45) is 0 Å². The van der Waals surface area contributed by atoms with Crippen molar-refractivity contribution in [1.82, 2.24) is 9.97 Å². The van der Waals surface area contributed by atoms with E-state index in [1.807, 2.05) is 0 Å². The van der Waals surface area contributed by atoms with Crippen molar-refractivity contribution in [2.45, 2.75) is 6.43 Å². The maximum atomic E-state index is 11.7. The predicted molar refractivity (Wildman–Crippen MR) is 57.7 cm³/mol. The molecule has 0 spiro atoms. The average molecular weight is 266 g/mol. The minimum Gasteiger partial charge on any atom is -0.374 e. The Labute approximate surface area is 101 Å². The Morgan fingerprint density at radius 3 is 2.94 bits per heavy atom. The molecule has 0 atom stereocenters. The van der Waals surface area contributed by atoms with Crippen LogP contribution in [0.25, 0.3) is 0 Å². The third kappa shape index (κ3) is 4.58. The highest BCUT2D eigenvalue weighted by Crippen LogP contribution is 2.16. The minimum atomic E-state index is -2.49. The van der Waals surface area contributed by atoms with Crippen molar-refractivity contribution >= 4 is 23.7 Å². The van der Waals surface area contributed by atoms with Crippen molar-refractivity contribution in [3.05, 3.63) is 17.0 Å². The number of alkyl halides is 2. The zero-order valence-corrected chi connectivity index (χ0v) is 9.45. The molecule has 0 aliphatic rings. The lowest BCUT2D eigenvalue weighted by Gasteiger charge is -2.08. The predicted octanol–water partition coefficient (Wildman–Crippen LogP) is 1.64. The zero-order valence-electron chi connectivity index (χ0n) is 8.70. The van der Waals surface area contributed by atoms with Crippen molar-refractivity contribution in [3.63, 3.8) is 0 Å². The fourth-order valence-corrected chi connectivity index (χ4v) is 1.21. The second-order valence-corrected chi connectivity index (χ2v) is 3.30. The Kier molecular flexibility index (Phi) is 5.71. The van der Waals surface area contributed by atoms with Gasteiger partial charge in [0.05, 0.1) is 12.2 Å². The largest absolute Gasteiger partial charge is 0.374 e. The molecule has 1 aromatic rings. The summed E-state index contributed by atoms with van der Waals surface area (Å²) in [6.07, 6.45) is -0.781. The Balaban J connectivity index is 2.41. The van der Waals surface area contributed by atoms with Crippen LogP contribution in [0.2, 0.25) is 5.15 Å². The molecule has 0 amide bonds. The van der Waals surface area contributed by atoms with Gasteiger partial charge in [-0.05, 0) is 0 Å². The summed E-state index contributed by atoms with van der Waals surface area (Å²) in [5.41, 5.74) is 0.128. The first-order valence-electron chi connectivity index (χ1n) is 4.70. The molecule has 0 aliphatic carbocycles. The summed E-state index contributed by atoms with van der Waals surface area (Å²) in [5, 5.41) is 2.78. The first-order chi connectivity index (χ1) is 8.15. The summed E-state index contributed by atoms with van der Waals surface area (Å²) >= 11 is 5.66. The summed E-state index contributed by atoms with van der Waals surface area (Å²) in [7, 11) is 0. The molecule has 17 heavy (non-hydrogen) atoms. The highest BCUT2D eigenvalue weighted by Gasteiger charge is 2.08. The normalized spacial score (nSPS) is 10.6. The number of carbonyl (C=O) groups excluding carboxylic acids is 1. The van der Waals surface area contributed by atoms with Gasteiger partial charge < -0.3 is 10.1 Å². The van der Waals surface area contributed by atoms with Crippen LogP contribution in [0.4, 0.5) is 14.6 Å². The number of halogens is 3. The average Bonchev–Trinajstić information content (AvgIpc) is 2.28. The number of nitrogens with zero attached hydrogens (tertiary/aromatic N) is 2. The Bertz CT molecular complexity index is 379. The second kappa shape index (κ2) is 7.08. The molecule has 5 nitrogen and oxygen atoms in total. The van der Waals surface area contributed by atoms with Crippen LogP contribution in [-0.4, -0.2) is 42.4 Å². The van der Waals surface area contributed by atoms with Crippen LogP contribution in [0.1, 0.15) is 10.4 Å². The molecule has 0 unspecified atom stereocenters. The molecule has 0 aliphatic heterocycles. The van der Waals surface area contributed by atoms with Crippen LogP contribution in [0, 0.1) is 0 Å². The van der Waals surface area contributed by atoms with E-state index in [1.165, 1.54) is 6.33 Å². The van der Waals surface area contributed by atoms with Crippen molar-refractivity contribution in [3.8, 4) is 0 Å². The molecule has 1 rings (SSSR count). The number of carbonyl (C=O) groups is 1. The van der Waals surface area contributed by atoms with Gasteiger partial charge in [0.25, 0.3) is 6.43 Å². The number of hydrogen-bond donors (Lipinski definition) is 1. The van der Waals surface area contributed by atoms with E-state index in [0.717, 1.165) is 0 Å². The van der Waals surface area contributed by atoms with Crippen molar-refractivity contribution < 1.29 is 18.3 Å². The van der Waals surface area contributed by atoms with Crippen molar-refractivity contribution in [2.75, 3.05) is 25.1 Å². The van der Waals surface area contributed by atoms with Crippen LogP contribution in [0.15, 0.2) is 6.33 Å². The quantitative estimate of drug-likeness (QED) is 0.461. The van der Waals surface area contributed by atoms with E-state index in [-0.39, 0.29) is 29.7 Å². The van der Waals surface area contributed by atoms with E-state index in [9.17, 15) is 13.6 Å². The van der Waals surface area contributed by atoms with Crippen LogP contribution >= 0.6 is 11.6 Å². The molecular formula is C9H10ClF2N3O2. The summed E-state index contributed by atoms with van der Waals surface area (Å²) in [5.74, 6) is 0.251. The molecule has 0 fully saturated rings. The van der Waals surface area contributed by atoms with E-state index >= 15 is 0 Å². The lowest BCUT2D eigenvalue weighted by Crippen LogP contribution is -2.15. The standard InChI is InChI=1S/C9H10ClF2N3O2/c10-8-6(3-16)9(15-5-14-8)13-1-2-17-4-7(11)12/h3,5,7H,1-2,4H2,(H,13,14,15). The number of nitrogens with one attached hydrogen (secondary N) is 1. The van der Waals surface area contributed by atoms with Crippen LogP contribution in [0.5, 0.6) is 0 Å². The number of rotatable bonds is 7. The summed E-state index contributed by atoms with van der Waals surface area (Å²) < 4.78 is 28.1. The van der Waals surface area contributed by atoms with Crippen LogP contribution in [0.3, 0.4) is 0 Å². The number of hydrogen-bond acceptors (Lipinski definition) is 5. The SMILES string of the molecule is O=Cc1c(Cl)ncnc1NCCOCC(F)F. The van der Waals surface area contributed by atoms with Gasteiger partial charge in [-0.3, -0.25) is 4.79 Å². The fourth-order valence-electron chi connectivity index (χ4n) is 1.03. The highest BCUT2D eigenvalue weighted by molar-refractivity contribution is 6.32. The third-order valence-electron chi connectivity index (χ3n) is 1.74. The summed E-state index contributed by atoms with van der Waals surface area (Å²) in [6, 6.07) is 0. The number of aldehydes is 1. The molecule has 1 N–H and O–H groups in total. The van der Waals surface area contributed by atoms with Gasteiger partial charge in [-0.15, -0.1) is 0 Å². The topological polar surface area (TPSA) is 64.1 Å². The van der Waals surface area contributed by atoms with Crippen molar-refractivity contribution in [1.29, 1.82) is 0 Å². The van der Waals surface area contributed by atoms with E-state index in [1.54, 1.807) is 0 Å². The lowest BCUT2D eigenvalue weighted by atomic mass is 10.3. The van der Waals surface area contributed by atoms with Gasteiger partial charge in [-0.25, -0.2) is 18.7 Å². The lowest BCUT2D eigenvalue weighted by molar-refractivity contribution is 0.0215. The highest BCUT2D eigenvalue weighted by atomic mass is 35.5. The fraction of sp³-hybridized carbons (Fsp3) is 0.444. The molecular weight excluding hydrogens is 256 g/mol. The molecule has 0 bridgehead atoms. The smallest absolute Gasteiger partial charge is 0.261 e. The molecule has 0 saturated carbocycles. The van der Waals surface area contributed by atoms with Crippen LogP contribution in [-0.2, 0) is 4.74 Å². The molecule has 1 aromatic heterocycles. The van der Waals surface area contributed by atoms with Gasteiger partial charge in [-0.2, -0.15) is 0 Å². The molecule has 8 heteroatoms. The minimum absolute atomic E-state index is 0.0333. The van der Waals surface area contributed by atoms with Gasteiger partial charge >= 0.3 is 0 Å². The van der Waals surface area contributed by atoms with Gasteiger partial charge in [0.1, 0.15) is 23.9 Å². The van der Waals surface area contributed by atoms with Gasteiger partial charge in [0, 0.05) is 6.54 Å². The second-order valence-electron chi connectivity index (χ2n) is 2.94. The van der Waals surface area contributed by atoms with Gasteiger partial charge in [0.15, 0.2) is 6.29 Å².